The van der Waals surface area contributed by atoms with Crippen molar-refractivity contribution in [2.45, 2.75) is 11.8 Å². The highest BCUT2D eigenvalue weighted by atomic mass is 35.5. The molecule has 0 aliphatic rings. The Bertz CT molecular complexity index is 292. The Morgan fingerprint density at radius 1 is 1.15 bits per heavy atom. The number of alkyl halides is 5. The van der Waals surface area contributed by atoms with Gasteiger partial charge in [-0.2, -0.15) is 13.2 Å². The third kappa shape index (κ3) is 2.34. The zero-order valence-corrected chi connectivity index (χ0v) is 7.03. The lowest BCUT2D eigenvalue weighted by Crippen LogP contribution is -2.08. The largest absolute Gasteiger partial charge is 0.416 e. The van der Waals surface area contributed by atoms with E-state index in [-0.39, 0.29) is 0 Å². The maximum atomic E-state index is 12.5. The fourth-order valence-electron chi connectivity index (χ4n) is 0.945. The van der Waals surface area contributed by atoms with Gasteiger partial charge in [-0.05, 0) is 6.07 Å². The van der Waals surface area contributed by atoms with Gasteiger partial charge in [0.15, 0.2) is 5.63 Å². The molecule has 0 aliphatic heterocycles. The molecule has 0 heterocycles. The molecule has 1 unspecified atom stereocenters. The zero-order chi connectivity index (χ0) is 10.1. The van der Waals surface area contributed by atoms with Crippen molar-refractivity contribution in [1.29, 1.82) is 0 Å². The number of hydrogen-bond donors (Lipinski definition) is 0. The molecule has 72 valence electrons. The van der Waals surface area contributed by atoms with E-state index in [0.717, 1.165) is 12.1 Å². The van der Waals surface area contributed by atoms with Crippen LogP contribution in [0.5, 0.6) is 0 Å². The number of benzene rings is 1. The Hall–Kier alpha value is -0.770. The summed E-state index contributed by atoms with van der Waals surface area (Å²) in [7, 11) is 0. The van der Waals surface area contributed by atoms with Crippen molar-refractivity contribution in [3.05, 3.63) is 35.4 Å². The summed E-state index contributed by atoms with van der Waals surface area (Å²) in [5, 5.41) is 0. The number of halogens is 5. The molecule has 13 heavy (non-hydrogen) atoms. The maximum absolute atomic E-state index is 12.5. The Morgan fingerprint density at radius 2 is 1.69 bits per heavy atom. The van der Waals surface area contributed by atoms with Crippen molar-refractivity contribution in [2.75, 3.05) is 0 Å². The lowest BCUT2D eigenvalue weighted by Gasteiger charge is -2.11. The fraction of sp³-hybridized carbons (Fsp3) is 0.250. The molecular weight excluding hydrogens is 208 g/mol. The highest BCUT2D eigenvalue weighted by Crippen LogP contribution is 2.36. The summed E-state index contributed by atoms with van der Waals surface area (Å²) in [6, 6.07) is 4.30. The Balaban J connectivity index is 3.20. The van der Waals surface area contributed by atoms with Crippen molar-refractivity contribution in [3.8, 4) is 0 Å². The van der Waals surface area contributed by atoms with Crippen LogP contribution in [0, 0.1) is 0 Å². The highest BCUT2D eigenvalue weighted by molar-refractivity contribution is 6.19. The molecule has 0 saturated heterocycles. The van der Waals surface area contributed by atoms with Gasteiger partial charge in [0.2, 0.25) is 0 Å². The number of rotatable bonds is 1. The minimum Gasteiger partial charge on any atom is -0.225 e. The standard InChI is InChI=1S/C8H5ClF4/c9-7(10)5-3-1-2-4-6(5)8(11,12)13/h1-4,7H. The van der Waals surface area contributed by atoms with Crippen LogP contribution in [-0.2, 0) is 6.18 Å². The van der Waals surface area contributed by atoms with Crippen molar-refractivity contribution in [2.24, 2.45) is 0 Å². The molecule has 1 rings (SSSR count). The van der Waals surface area contributed by atoms with Gasteiger partial charge in [-0.25, -0.2) is 4.39 Å². The average Bonchev–Trinajstić information content (AvgIpc) is 2.03. The van der Waals surface area contributed by atoms with Crippen molar-refractivity contribution in [1.82, 2.24) is 0 Å². The van der Waals surface area contributed by atoms with Crippen LogP contribution in [0.3, 0.4) is 0 Å². The molecule has 0 bridgehead atoms. The van der Waals surface area contributed by atoms with Gasteiger partial charge in [-0.3, -0.25) is 0 Å². The third-order valence-electron chi connectivity index (χ3n) is 1.50. The molecule has 0 fully saturated rings. The minimum absolute atomic E-state index is 0.545. The van der Waals surface area contributed by atoms with Crippen LogP contribution < -0.4 is 0 Å². The van der Waals surface area contributed by atoms with Gasteiger partial charge in [0, 0.05) is 5.56 Å². The zero-order valence-electron chi connectivity index (χ0n) is 6.28. The van der Waals surface area contributed by atoms with E-state index in [2.05, 4.69) is 0 Å². The molecule has 1 atom stereocenters. The topological polar surface area (TPSA) is 0 Å². The molecule has 0 N–H and O–H groups in total. The summed E-state index contributed by atoms with van der Waals surface area (Å²) in [6.07, 6.45) is -4.56. The van der Waals surface area contributed by atoms with Crippen LogP contribution in [0.25, 0.3) is 0 Å². The molecule has 1 aromatic rings. The fourth-order valence-corrected chi connectivity index (χ4v) is 1.14. The van der Waals surface area contributed by atoms with E-state index >= 15 is 0 Å². The van der Waals surface area contributed by atoms with Crippen LogP contribution in [0.1, 0.15) is 16.8 Å². The summed E-state index contributed by atoms with van der Waals surface area (Å²) in [4.78, 5) is 0. The van der Waals surface area contributed by atoms with Gasteiger partial charge in [0.25, 0.3) is 0 Å². The monoisotopic (exact) mass is 212 g/mol. The van der Waals surface area contributed by atoms with E-state index in [1.807, 2.05) is 0 Å². The van der Waals surface area contributed by atoms with Gasteiger partial charge in [0.05, 0.1) is 5.56 Å². The molecular formula is C8H5ClF4. The van der Waals surface area contributed by atoms with Gasteiger partial charge in [0.1, 0.15) is 0 Å². The van der Waals surface area contributed by atoms with E-state index < -0.39 is 22.9 Å². The Labute approximate surface area is 77.1 Å². The first-order valence-corrected chi connectivity index (χ1v) is 3.81. The Kier molecular flexibility index (Phi) is 2.81. The molecule has 0 radical (unpaired) electrons. The first kappa shape index (κ1) is 10.3. The first-order valence-electron chi connectivity index (χ1n) is 3.37. The SMILES string of the molecule is FC(Cl)c1ccccc1C(F)(F)F. The predicted molar refractivity (Wildman–Crippen MR) is 41.1 cm³/mol. The molecule has 0 amide bonds. The van der Waals surface area contributed by atoms with Crippen LogP contribution in [0.4, 0.5) is 17.6 Å². The third-order valence-corrected chi connectivity index (χ3v) is 1.74. The molecule has 0 spiro atoms. The van der Waals surface area contributed by atoms with Crippen molar-refractivity contribution in [3.63, 3.8) is 0 Å². The van der Waals surface area contributed by atoms with E-state index in [4.69, 9.17) is 11.6 Å². The summed E-state index contributed by atoms with van der Waals surface area (Å²) in [5.41, 5.74) is -3.70. The number of hydrogen-bond acceptors (Lipinski definition) is 0. The predicted octanol–water partition coefficient (Wildman–Crippen LogP) is 3.91. The second-order valence-electron chi connectivity index (χ2n) is 2.39. The van der Waals surface area contributed by atoms with Gasteiger partial charge < -0.3 is 0 Å². The molecule has 0 nitrogen and oxygen atoms in total. The molecule has 0 saturated carbocycles. The van der Waals surface area contributed by atoms with E-state index in [1.54, 1.807) is 0 Å². The second kappa shape index (κ2) is 3.54. The lowest BCUT2D eigenvalue weighted by atomic mass is 10.1. The molecule has 0 aliphatic carbocycles. The quantitative estimate of drug-likeness (QED) is 0.489. The maximum Gasteiger partial charge on any atom is 0.416 e. The van der Waals surface area contributed by atoms with Gasteiger partial charge in [-0.15, -0.1) is 0 Å². The second-order valence-corrected chi connectivity index (χ2v) is 2.77. The van der Waals surface area contributed by atoms with Crippen LogP contribution in [0.2, 0.25) is 0 Å². The van der Waals surface area contributed by atoms with Crippen LogP contribution in [0.15, 0.2) is 24.3 Å². The van der Waals surface area contributed by atoms with Gasteiger partial charge in [-0.1, -0.05) is 29.8 Å². The van der Waals surface area contributed by atoms with E-state index in [9.17, 15) is 17.6 Å². The van der Waals surface area contributed by atoms with Crippen LogP contribution in [-0.4, -0.2) is 0 Å². The normalized spacial score (nSPS) is 14.2. The smallest absolute Gasteiger partial charge is 0.225 e. The molecule has 0 aromatic heterocycles. The van der Waals surface area contributed by atoms with E-state index in [0.29, 0.717) is 0 Å². The average molecular weight is 213 g/mol. The van der Waals surface area contributed by atoms with E-state index in [1.165, 1.54) is 12.1 Å². The molecule has 1 aromatic carbocycles. The lowest BCUT2D eigenvalue weighted by molar-refractivity contribution is -0.138. The van der Waals surface area contributed by atoms with Crippen LogP contribution >= 0.6 is 11.6 Å². The Morgan fingerprint density at radius 3 is 2.08 bits per heavy atom. The van der Waals surface area contributed by atoms with Gasteiger partial charge >= 0.3 is 6.18 Å². The highest BCUT2D eigenvalue weighted by Gasteiger charge is 2.34. The summed E-state index contributed by atoms with van der Waals surface area (Å²) < 4.78 is 49.0. The summed E-state index contributed by atoms with van der Waals surface area (Å²) in [6.45, 7) is 0. The van der Waals surface area contributed by atoms with Crippen molar-refractivity contribution >= 4 is 11.6 Å². The first-order chi connectivity index (χ1) is 5.93. The summed E-state index contributed by atoms with van der Waals surface area (Å²) >= 11 is 4.95. The summed E-state index contributed by atoms with van der Waals surface area (Å²) in [5.74, 6) is 0. The van der Waals surface area contributed by atoms with Crippen molar-refractivity contribution < 1.29 is 17.6 Å². The minimum atomic E-state index is -4.56. The molecule has 5 heteroatoms.